The number of nitrogens with zero attached hydrogens (tertiary/aromatic N) is 2. The Morgan fingerprint density at radius 1 is 1.04 bits per heavy atom. The van der Waals surface area contributed by atoms with Gasteiger partial charge in [0, 0.05) is 23.6 Å². The summed E-state index contributed by atoms with van der Waals surface area (Å²) < 4.78 is 17.7. The summed E-state index contributed by atoms with van der Waals surface area (Å²) in [6.45, 7) is 0.675. The number of carbonyl (C=O) groups excluding carboxylic acids is 1. The molecule has 0 atom stereocenters. The molecule has 3 aromatic rings. The first kappa shape index (κ1) is 18.3. The van der Waals surface area contributed by atoms with Crippen LogP contribution in [0.5, 0.6) is 17.2 Å². The predicted octanol–water partition coefficient (Wildman–Crippen LogP) is 3.21. The Morgan fingerprint density at radius 2 is 1.70 bits per heavy atom. The molecule has 0 spiro atoms. The minimum Gasteiger partial charge on any atom is -0.493 e. The van der Waals surface area contributed by atoms with Crippen LogP contribution < -0.4 is 19.5 Å². The molecule has 1 N–H and O–H groups in total. The Hall–Kier alpha value is -3.48. The fourth-order valence-electron chi connectivity index (χ4n) is 2.69. The second kappa shape index (κ2) is 8.27. The van der Waals surface area contributed by atoms with Crippen LogP contribution >= 0.6 is 0 Å². The zero-order chi connectivity index (χ0) is 19.2. The maximum atomic E-state index is 12.6. The standard InChI is InChI=1S/C20H21N3O4/c1-25-17-11-15(12-18(26-2)19(17)27-3)20(24)22-16-7-5-14(6-8-16)13-23-10-4-9-21-23/h4-12H,13H2,1-3H3,(H,22,24). The van der Waals surface area contributed by atoms with Crippen molar-refractivity contribution in [2.75, 3.05) is 26.6 Å². The van der Waals surface area contributed by atoms with Crippen molar-refractivity contribution >= 4 is 11.6 Å². The summed E-state index contributed by atoms with van der Waals surface area (Å²) in [7, 11) is 4.54. The highest BCUT2D eigenvalue weighted by molar-refractivity contribution is 6.05. The van der Waals surface area contributed by atoms with Crippen LogP contribution in [0.3, 0.4) is 0 Å². The van der Waals surface area contributed by atoms with E-state index in [1.165, 1.54) is 21.3 Å². The third-order valence-electron chi connectivity index (χ3n) is 4.04. The molecule has 2 aromatic carbocycles. The van der Waals surface area contributed by atoms with Gasteiger partial charge in [-0.3, -0.25) is 9.48 Å². The number of ether oxygens (including phenoxy) is 3. The van der Waals surface area contributed by atoms with Gasteiger partial charge in [0.1, 0.15) is 0 Å². The molecule has 1 amide bonds. The number of methoxy groups -OCH3 is 3. The smallest absolute Gasteiger partial charge is 0.255 e. The number of anilines is 1. The molecule has 7 nitrogen and oxygen atoms in total. The highest BCUT2D eigenvalue weighted by atomic mass is 16.5. The third-order valence-corrected chi connectivity index (χ3v) is 4.04. The highest BCUT2D eigenvalue weighted by Crippen LogP contribution is 2.38. The van der Waals surface area contributed by atoms with E-state index in [4.69, 9.17) is 14.2 Å². The van der Waals surface area contributed by atoms with Gasteiger partial charge in [-0.2, -0.15) is 5.10 Å². The fraction of sp³-hybridized carbons (Fsp3) is 0.200. The lowest BCUT2D eigenvalue weighted by atomic mass is 10.1. The van der Waals surface area contributed by atoms with Crippen molar-refractivity contribution in [3.8, 4) is 17.2 Å². The largest absolute Gasteiger partial charge is 0.493 e. The summed E-state index contributed by atoms with van der Waals surface area (Å²) in [5.41, 5.74) is 2.19. The minimum absolute atomic E-state index is 0.269. The van der Waals surface area contributed by atoms with E-state index in [0.717, 1.165) is 5.56 Å². The molecule has 0 radical (unpaired) electrons. The number of amides is 1. The zero-order valence-corrected chi connectivity index (χ0v) is 15.4. The van der Waals surface area contributed by atoms with Gasteiger partial charge in [0.25, 0.3) is 5.91 Å². The lowest BCUT2D eigenvalue weighted by Gasteiger charge is -2.14. The van der Waals surface area contributed by atoms with Crippen LogP contribution in [0.15, 0.2) is 54.9 Å². The van der Waals surface area contributed by atoms with Crippen molar-refractivity contribution in [3.05, 3.63) is 66.0 Å². The first-order valence-electron chi connectivity index (χ1n) is 8.32. The lowest BCUT2D eigenvalue weighted by Crippen LogP contribution is -2.12. The summed E-state index contributed by atoms with van der Waals surface area (Å²) in [5, 5.41) is 7.05. The SMILES string of the molecule is COc1cc(C(=O)Nc2ccc(Cn3cccn3)cc2)cc(OC)c1OC. The second-order valence-electron chi connectivity index (χ2n) is 5.77. The summed E-state index contributed by atoms with van der Waals surface area (Å²) in [5.74, 6) is 1.03. The van der Waals surface area contributed by atoms with Gasteiger partial charge in [0.05, 0.1) is 27.9 Å². The monoisotopic (exact) mass is 367 g/mol. The number of rotatable bonds is 7. The molecule has 140 valence electrons. The Kier molecular flexibility index (Phi) is 5.61. The molecule has 27 heavy (non-hydrogen) atoms. The first-order chi connectivity index (χ1) is 13.1. The maximum absolute atomic E-state index is 12.6. The molecule has 0 saturated heterocycles. The van der Waals surface area contributed by atoms with E-state index in [0.29, 0.717) is 35.0 Å². The summed E-state index contributed by atoms with van der Waals surface area (Å²) in [4.78, 5) is 12.6. The van der Waals surface area contributed by atoms with Crippen molar-refractivity contribution in [1.29, 1.82) is 0 Å². The Labute approximate surface area is 157 Å². The van der Waals surface area contributed by atoms with Crippen molar-refractivity contribution in [2.24, 2.45) is 0 Å². The van der Waals surface area contributed by atoms with Crippen LogP contribution in [-0.4, -0.2) is 37.0 Å². The molecule has 0 fully saturated rings. The van der Waals surface area contributed by atoms with Crippen LogP contribution in [0.1, 0.15) is 15.9 Å². The zero-order valence-electron chi connectivity index (χ0n) is 15.4. The van der Waals surface area contributed by atoms with Crippen LogP contribution in [-0.2, 0) is 6.54 Å². The molecule has 0 aliphatic carbocycles. The van der Waals surface area contributed by atoms with E-state index < -0.39 is 0 Å². The minimum atomic E-state index is -0.269. The molecule has 0 aliphatic rings. The Bertz CT molecular complexity index is 880. The topological polar surface area (TPSA) is 74.6 Å². The van der Waals surface area contributed by atoms with Gasteiger partial charge >= 0.3 is 0 Å². The van der Waals surface area contributed by atoms with E-state index >= 15 is 0 Å². The van der Waals surface area contributed by atoms with Crippen molar-refractivity contribution in [3.63, 3.8) is 0 Å². The average Bonchev–Trinajstić information content (AvgIpc) is 3.21. The van der Waals surface area contributed by atoms with Gasteiger partial charge in [-0.25, -0.2) is 0 Å². The molecule has 0 aliphatic heterocycles. The number of benzene rings is 2. The predicted molar refractivity (Wildman–Crippen MR) is 102 cm³/mol. The van der Waals surface area contributed by atoms with E-state index in [2.05, 4.69) is 10.4 Å². The van der Waals surface area contributed by atoms with E-state index in [-0.39, 0.29) is 5.91 Å². The lowest BCUT2D eigenvalue weighted by molar-refractivity contribution is 0.102. The molecule has 3 rings (SSSR count). The molecule has 1 aromatic heterocycles. The number of aromatic nitrogens is 2. The molecular formula is C20H21N3O4. The van der Waals surface area contributed by atoms with Crippen molar-refractivity contribution in [1.82, 2.24) is 9.78 Å². The highest BCUT2D eigenvalue weighted by Gasteiger charge is 2.17. The first-order valence-corrected chi connectivity index (χ1v) is 8.32. The quantitative estimate of drug-likeness (QED) is 0.694. The van der Waals surface area contributed by atoms with Gasteiger partial charge in [-0.1, -0.05) is 12.1 Å². The molecule has 0 unspecified atom stereocenters. The van der Waals surface area contributed by atoms with Gasteiger partial charge in [-0.15, -0.1) is 0 Å². The van der Waals surface area contributed by atoms with E-state index in [1.807, 2.05) is 41.2 Å². The molecule has 1 heterocycles. The summed E-state index contributed by atoms with van der Waals surface area (Å²) in [6.07, 6.45) is 3.64. The second-order valence-corrected chi connectivity index (χ2v) is 5.77. The summed E-state index contributed by atoms with van der Waals surface area (Å²) in [6, 6.07) is 12.7. The van der Waals surface area contributed by atoms with E-state index in [9.17, 15) is 4.79 Å². The summed E-state index contributed by atoms with van der Waals surface area (Å²) >= 11 is 0. The van der Waals surface area contributed by atoms with Crippen LogP contribution in [0.2, 0.25) is 0 Å². The molecule has 0 bridgehead atoms. The van der Waals surface area contributed by atoms with Crippen LogP contribution in [0, 0.1) is 0 Å². The third kappa shape index (κ3) is 4.20. The fourth-order valence-corrected chi connectivity index (χ4v) is 2.69. The maximum Gasteiger partial charge on any atom is 0.255 e. The average molecular weight is 367 g/mol. The van der Waals surface area contributed by atoms with Crippen LogP contribution in [0.25, 0.3) is 0 Å². The number of hydrogen-bond acceptors (Lipinski definition) is 5. The Balaban J connectivity index is 1.75. The van der Waals surface area contributed by atoms with Gasteiger partial charge in [0.2, 0.25) is 5.75 Å². The van der Waals surface area contributed by atoms with Gasteiger partial charge in [-0.05, 0) is 35.9 Å². The number of carbonyl (C=O) groups is 1. The van der Waals surface area contributed by atoms with Crippen LogP contribution in [0.4, 0.5) is 5.69 Å². The van der Waals surface area contributed by atoms with Gasteiger partial charge < -0.3 is 19.5 Å². The van der Waals surface area contributed by atoms with Crippen molar-refractivity contribution < 1.29 is 19.0 Å². The van der Waals surface area contributed by atoms with E-state index in [1.54, 1.807) is 18.3 Å². The molecule has 7 heteroatoms. The van der Waals surface area contributed by atoms with Gasteiger partial charge in [0.15, 0.2) is 11.5 Å². The Morgan fingerprint density at radius 3 is 2.22 bits per heavy atom. The normalized spacial score (nSPS) is 10.3. The molecule has 0 saturated carbocycles. The molecular weight excluding hydrogens is 346 g/mol. The number of nitrogens with one attached hydrogen (secondary N) is 1. The van der Waals surface area contributed by atoms with Crippen molar-refractivity contribution in [2.45, 2.75) is 6.54 Å². The number of hydrogen-bond donors (Lipinski definition) is 1.